The molecule has 0 amide bonds. The fourth-order valence-electron chi connectivity index (χ4n) is 3.88. The molecule has 0 unspecified atom stereocenters. The molecule has 0 N–H and O–H groups in total. The molecule has 2 fully saturated rings. The SMILES string of the molecule is Fc1cnc(N2CCC[C@@]3(CN(Cc4ccccc4)CCO3)C2)nc1. The normalized spacial score (nSPS) is 24.6. The number of anilines is 1. The van der Waals surface area contributed by atoms with Crippen molar-refractivity contribution >= 4 is 5.95 Å². The highest BCUT2D eigenvalue weighted by molar-refractivity contribution is 5.31. The van der Waals surface area contributed by atoms with Crippen molar-refractivity contribution in [2.24, 2.45) is 0 Å². The van der Waals surface area contributed by atoms with E-state index < -0.39 is 5.82 Å². The van der Waals surface area contributed by atoms with Crippen LogP contribution in [-0.4, -0.2) is 53.3 Å². The fraction of sp³-hybridized carbons (Fsp3) is 0.474. The monoisotopic (exact) mass is 342 g/mol. The Balaban J connectivity index is 1.45. The molecule has 6 heteroatoms. The molecule has 0 aliphatic carbocycles. The second kappa shape index (κ2) is 7.06. The van der Waals surface area contributed by atoms with Crippen LogP contribution in [0.3, 0.4) is 0 Å². The molecule has 3 heterocycles. The third-order valence-corrected chi connectivity index (χ3v) is 5.01. The molecule has 1 spiro atoms. The van der Waals surface area contributed by atoms with Crippen molar-refractivity contribution in [2.45, 2.75) is 25.0 Å². The number of rotatable bonds is 3. The summed E-state index contributed by atoms with van der Waals surface area (Å²) in [6.45, 7) is 5.17. The van der Waals surface area contributed by atoms with Crippen LogP contribution in [-0.2, 0) is 11.3 Å². The van der Waals surface area contributed by atoms with Crippen LogP contribution in [0.15, 0.2) is 42.7 Å². The second-order valence-corrected chi connectivity index (χ2v) is 6.95. The van der Waals surface area contributed by atoms with Crippen LogP contribution in [0.2, 0.25) is 0 Å². The van der Waals surface area contributed by atoms with Crippen molar-refractivity contribution in [2.75, 3.05) is 37.7 Å². The number of halogens is 1. The van der Waals surface area contributed by atoms with Gasteiger partial charge in [0.15, 0.2) is 5.82 Å². The van der Waals surface area contributed by atoms with E-state index in [1.807, 2.05) is 6.07 Å². The first-order valence-corrected chi connectivity index (χ1v) is 8.85. The lowest BCUT2D eigenvalue weighted by atomic mass is 9.90. The Morgan fingerprint density at radius 3 is 2.68 bits per heavy atom. The maximum Gasteiger partial charge on any atom is 0.225 e. The lowest BCUT2D eigenvalue weighted by Gasteiger charge is -2.48. The van der Waals surface area contributed by atoms with Crippen molar-refractivity contribution in [1.82, 2.24) is 14.9 Å². The smallest absolute Gasteiger partial charge is 0.225 e. The summed E-state index contributed by atoms with van der Waals surface area (Å²) in [5.41, 5.74) is 1.14. The van der Waals surface area contributed by atoms with E-state index in [4.69, 9.17) is 4.74 Å². The van der Waals surface area contributed by atoms with Crippen LogP contribution in [0, 0.1) is 5.82 Å². The van der Waals surface area contributed by atoms with Gasteiger partial charge in [-0.3, -0.25) is 4.90 Å². The van der Waals surface area contributed by atoms with Crippen molar-refractivity contribution in [3.63, 3.8) is 0 Å². The van der Waals surface area contributed by atoms with Gasteiger partial charge in [-0.1, -0.05) is 30.3 Å². The number of nitrogens with zero attached hydrogens (tertiary/aromatic N) is 4. The molecular formula is C19H23FN4O. The molecule has 2 aliphatic heterocycles. The van der Waals surface area contributed by atoms with Gasteiger partial charge in [0.1, 0.15) is 0 Å². The molecule has 1 atom stereocenters. The van der Waals surface area contributed by atoms with E-state index >= 15 is 0 Å². The Kier molecular flexibility index (Phi) is 4.63. The van der Waals surface area contributed by atoms with Crippen molar-refractivity contribution in [1.29, 1.82) is 0 Å². The summed E-state index contributed by atoms with van der Waals surface area (Å²) in [4.78, 5) is 12.9. The Bertz CT molecular complexity index is 692. The summed E-state index contributed by atoms with van der Waals surface area (Å²) in [6.07, 6.45) is 4.52. The van der Waals surface area contributed by atoms with Gasteiger partial charge in [0.25, 0.3) is 0 Å². The molecule has 0 saturated carbocycles. The van der Waals surface area contributed by atoms with Gasteiger partial charge in [-0.05, 0) is 18.4 Å². The van der Waals surface area contributed by atoms with E-state index in [0.29, 0.717) is 5.95 Å². The zero-order valence-corrected chi connectivity index (χ0v) is 14.3. The third-order valence-electron chi connectivity index (χ3n) is 5.01. The molecule has 1 aromatic carbocycles. The van der Waals surface area contributed by atoms with Crippen LogP contribution < -0.4 is 4.90 Å². The average Bonchev–Trinajstić information content (AvgIpc) is 2.63. The largest absolute Gasteiger partial charge is 0.370 e. The van der Waals surface area contributed by atoms with Gasteiger partial charge >= 0.3 is 0 Å². The van der Waals surface area contributed by atoms with Crippen LogP contribution >= 0.6 is 0 Å². The zero-order chi connectivity index (χ0) is 17.1. The highest BCUT2D eigenvalue weighted by Crippen LogP contribution is 2.31. The van der Waals surface area contributed by atoms with Crippen molar-refractivity contribution < 1.29 is 9.13 Å². The zero-order valence-electron chi connectivity index (χ0n) is 14.3. The van der Waals surface area contributed by atoms with Gasteiger partial charge in [0, 0.05) is 26.2 Å². The van der Waals surface area contributed by atoms with Crippen LogP contribution in [0.1, 0.15) is 18.4 Å². The van der Waals surface area contributed by atoms with Crippen LogP contribution in [0.5, 0.6) is 0 Å². The van der Waals surface area contributed by atoms with Crippen LogP contribution in [0.4, 0.5) is 10.3 Å². The number of piperidine rings is 1. The minimum Gasteiger partial charge on any atom is -0.370 e. The van der Waals surface area contributed by atoms with E-state index in [-0.39, 0.29) is 5.60 Å². The minimum atomic E-state index is -0.404. The predicted octanol–water partition coefficient (Wildman–Crippen LogP) is 2.49. The standard InChI is InChI=1S/C19H23FN4O/c20-17-11-21-18(22-12-17)24-8-4-7-19(15-24)14-23(9-10-25-19)13-16-5-2-1-3-6-16/h1-3,5-6,11-12H,4,7-10,13-15H2/t19-/m1/s1. The molecule has 2 saturated heterocycles. The average molecular weight is 342 g/mol. The Hall–Kier alpha value is -2.05. The molecule has 4 rings (SSSR count). The number of aromatic nitrogens is 2. The maximum absolute atomic E-state index is 13.1. The lowest BCUT2D eigenvalue weighted by Crippen LogP contribution is -2.59. The minimum absolute atomic E-state index is 0.191. The predicted molar refractivity (Wildman–Crippen MR) is 93.8 cm³/mol. The van der Waals surface area contributed by atoms with Crippen LogP contribution in [0.25, 0.3) is 0 Å². The Morgan fingerprint density at radius 2 is 1.88 bits per heavy atom. The highest BCUT2D eigenvalue weighted by Gasteiger charge is 2.41. The van der Waals surface area contributed by atoms with Gasteiger partial charge in [-0.15, -0.1) is 0 Å². The quantitative estimate of drug-likeness (QED) is 0.857. The molecule has 25 heavy (non-hydrogen) atoms. The number of morpholine rings is 1. The fourth-order valence-corrected chi connectivity index (χ4v) is 3.88. The van der Waals surface area contributed by atoms with Crippen molar-refractivity contribution in [3.05, 3.63) is 54.1 Å². The lowest BCUT2D eigenvalue weighted by molar-refractivity contribution is -0.116. The van der Waals surface area contributed by atoms with E-state index in [0.717, 1.165) is 52.2 Å². The van der Waals surface area contributed by atoms with E-state index in [2.05, 4.69) is 44.0 Å². The number of benzene rings is 1. The summed E-state index contributed by atoms with van der Waals surface area (Å²) in [6, 6.07) is 10.6. The summed E-state index contributed by atoms with van der Waals surface area (Å²) in [5.74, 6) is 0.183. The summed E-state index contributed by atoms with van der Waals surface area (Å²) >= 11 is 0. The summed E-state index contributed by atoms with van der Waals surface area (Å²) in [7, 11) is 0. The molecule has 0 radical (unpaired) electrons. The molecule has 1 aromatic heterocycles. The first kappa shape index (κ1) is 16.4. The van der Waals surface area contributed by atoms with E-state index in [1.54, 1.807) is 0 Å². The van der Waals surface area contributed by atoms with E-state index in [1.165, 1.54) is 18.0 Å². The topological polar surface area (TPSA) is 41.5 Å². The van der Waals surface area contributed by atoms with Gasteiger partial charge in [0.05, 0.1) is 31.1 Å². The van der Waals surface area contributed by atoms with Gasteiger partial charge in [-0.25, -0.2) is 14.4 Å². The first-order valence-electron chi connectivity index (χ1n) is 8.85. The molecular weight excluding hydrogens is 319 g/mol. The molecule has 2 aliphatic rings. The van der Waals surface area contributed by atoms with Gasteiger partial charge in [0.2, 0.25) is 5.95 Å². The third kappa shape index (κ3) is 3.80. The Labute approximate surface area is 147 Å². The summed E-state index contributed by atoms with van der Waals surface area (Å²) < 4.78 is 19.3. The summed E-state index contributed by atoms with van der Waals surface area (Å²) in [5, 5.41) is 0. The number of hydrogen-bond donors (Lipinski definition) is 0. The molecule has 5 nitrogen and oxygen atoms in total. The molecule has 0 bridgehead atoms. The molecule has 132 valence electrons. The molecule has 2 aromatic rings. The number of ether oxygens (including phenoxy) is 1. The van der Waals surface area contributed by atoms with Crippen molar-refractivity contribution in [3.8, 4) is 0 Å². The second-order valence-electron chi connectivity index (χ2n) is 6.95. The highest BCUT2D eigenvalue weighted by atomic mass is 19.1. The first-order chi connectivity index (χ1) is 12.2. The Morgan fingerprint density at radius 1 is 1.08 bits per heavy atom. The van der Waals surface area contributed by atoms with Gasteiger partial charge in [-0.2, -0.15) is 0 Å². The van der Waals surface area contributed by atoms with Gasteiger partial charge < -0.3 is 9.64 Å². The number of hydrogen-bond acceptors (Lipinski definition) is 5. The maximum atomic E-state index is 13.1. The van der Waals surface area contributed by atoms with E-state index in [9.17, 15) is 4.39 Å².